The van der Waals surface area contributed by atoms with Gasteiger partial charge in [0.05, 0.1) is 11.4 Å². The van der Waals surface area contributed by atoms with Crippen LogP contribution in [0.3, 0.4) is 0 Å². The molecule has 20 heavy (non-hydrogen) atoms. The van der Waals surface area contributed by atoms with Crippen molar-refractivity contribution in [1.29, 1.82) is 0 Å². The summed E-state index contributed by atoms with van der Waals surface area (Å²) in [6, 6.07) is 4.62. The van der Waals surface area contributed by atoms with Crippen molar-refractivity contribution in [3.8, 4) is 10.7 Å². The molecule has 1 aliphatic heterocycles. The van der Waals surface area contributed by atoms with Crippen LogP contribution in [-0.4, -0.2) is 41.2 Å². The molecule has 0 unspecified atom stereocenters. The van der Waals surface area contributed by atoms with Crippen molar-refractivity contribution in [3.05, 3.63) is 23.4 Å². The van der Waals surface area contributed by atoms with Crippen molar-refractivity contribution in [2.45, 2.75) is 25.4 Å². The molecular formula is C13H19ClN4OS. The lowest BCUT2D eigenvalue weighted by Gasteiger charge is -2.30. The standard InChI is InChI=1S/C13H18N4OS.ClH/c1-17(10-4-6-14-7-5-10)9-12-15-13(16-18-12)11-3-2-8-19-11;/h2-3,8,10,14H,4-7,9H2,1H3;1H. The molecular weight excluding hydrogens is 296 g/mol. The van der Waals surface area contributed by atoms with E-state index in [9.17, 15) is 0 Å². The van der Waals surface area contributed by atoms with Crippen LogP contribution < -0.4 is 5.32 Å². The van der Waals surface area contributed by atoms with Crippen molar-refractivity contribution in [2.24, 2.45) is 0 Å². The lowest BCUT2D eigenvalue weighted by Crippen LogP contribution is -2.40. The summed E-state index contributed by atoms with van der Waals surface area (Å²) in [7, 11) is 2.13. The van der Waals surface area contributed by atoms with Gasteiger partial charge in [0.1, 0.15) is 0 Å². The lowest BCUT2D eigenvalue weighted by molar-refractivity contribution is 0.171. The summed E-state index contributed by atoms with van der Waals surface area (Å²) in [5, 5.41) is 9.44. The summed E-state index contributed by atoms with van der Waals surface area (Å²) in [6.45, 7) is 2.92. The van der Waals surface area contributed by atoms with Crippen LogP contribution in [0.5, 0.6) is 0 Å². The van der Waals surface area contributed by atoms with Crippen LogP contribution >= 0.6 is 23.7 Å². The van der Waals surface area contributed by atoms with Gasteiger partial charge in [0.25, 0.3) is 0 Å². The Morgan fingerprint density at radius 1 is 1.45 bits per heavy atom. The summed E-state index contributed by atoms with van der Waals surface area (Å²) in [6.07, 6.45) is 2.37. The monoisotopic (exact) mass is 314 g/mol. The van der Waals surface area contributed by atoms with E-state index < -0.39 is 0 Å². The maximum atomic E-state index is 5.34. The fourth-order valence-corrected chi connectivity index (χ4v) is 3.06. The molecule has 5 nitrogen and oxygen atoms in total. The van der Waals surface area contributed by atoms with E-state index in [2.05, 4.69) is 27.4 Å². The van der Waals surface area contributed by atoms with Gasteiger partial charge in [0.15, 0.2) is 0 Å². The average molecular weight is 315 g/mol. The predicted octanol–water partition coefficient (Wildman–Crippen LogP) is 2.40. The maximum absolute atomic E-state index is 5.34. The highest BCUT2D eigenvalue weighted by Crippen LogP contribution is 2.22. The van der Waals surface area contributed by atoms with Crippen molar-refractivity contribution in [3.63, 3.8) is 0 Å². The third-order valence-electron chi connectivity index (χ3n) is 3.53. The molecule has 2 aromatic heterocycles. The van der Waals surface area contributed by atoms with E-state index in [1.165, 1.54) is 12.8 Å². The normalized spacial score (nSPS) is 16.3. The van der Waals surface area contributed by atoms with E-state index in [4.69, 9.17) is 4.52 Å². The molecule has 0 radical (unpaired) electrons. The van der Waals surface area contributed by atoms with Crippen molar-refractivity contribution in [1.82, 2.24) is 20.4 Å². The molecule has 2 aromatic rings. The van der Waals surface area contributed by atoms with Crippen LogP contribution in [0.1, 0.15) is 18.7 Å². The highest BCUT2D eigenvalue weighted by Gasteiger charge is 2.20. The van der Waals surface area contributed by atoms with Crippen LogP contribution in [0.4, 0.5) is 0 Å². The molecule has 1 aliphatic rings. The predicted molar refractivity (Wildman–Crippen MR) is 82.2 cm³/mol. The van der Waals surface area contributed by atoms with Crippen molar-refractivity contribution in [2.75, 3.05) is 20.1 Å². The van der Waals surface area contributed by atoms with E-state index >= 15 is 0 Å². The molecule has 0 atom stereocenters. The van der Waals surface area contributed by atoms with Crippen LogP contribution in [0.2, 0.25) is 0 Å². The Morgan fingerprint density at radius 2 is 2.25 bits per heavy atom. The van der Waals surface area contributed by atoms with Gasteiger partial charge in [-0.15, -0.1) is 23.7 Å². The molecule has 0 amide bonds. The zero-order valence-corrected chi connectivity index (χ0v) is 13.0. The van der Waals surface area contributed by atoms with E-state index in [1.54, 1.807) is 11.3 Å². The van der Waals surface area contributed by atoms with E-state index in [0.717, 1.165) is 24.5 Å². The highest BCUT2D eigenvalue weighted by atomic mass is 35.5. The van der Waals surface area contributed by atoms with Gasteiger partial charge >= 0.3 is 0 Å². The Kier molecular flexibility index (Phi) is 5.54. The first kappa shape index (κ1) is 15.4. The zero-order valence-electron chi connectivity index (χ0n) is 11.4. The molecule has 0 saturated carbocycles. The molecule has 7 heteroatoms. The number of hydrogen-bond acceptors (Lipinski definition) is 6. The third kappa shape index (κ3) is 3.58. The van der Waals surface area contributed by atoms with Gasteiger partial charge in [-0.25, -0.2) is 0 Å². The first-order chi connectivity index (χ1) is 9.33. The Balaban J connectivity index is 0.00000147. The Bertz CT molecular complexity index is 510. The molecule has 110 valence electrons. The molecule has 0 spiro atoms. The first-order valence-corrected chi connectivity index (χ1v) is 7.48. The largest absolute Gasteiger partial charge is 0.338 e. The van der Waals surface area contributed by atoms with Gasteiger partial charge in [-0.3, -0.25) is 4.90 Å². The Labute approximate surface area is 128 Å². The van der Waals surface area contributed by atoms with Crippen LogP contribution in [0.15, 0.2) is 22.0 Å². The fraction of sp³-hybridized carbons (Fsp3) is 0.538. The molecule has 3 heterocycles. The average Bonchev–Trinajstić information content (AvgIpc) is 3.10. The van der Waals surface area contributed by atoms with Crippen LogP contribution in [0.25, 0.3) is 10.7 Å². The second-order valence-electron chi connectivity index (χ2n) is 4.89. The van der Waals surface area contributed by atoms with Crippen LogP contribution in [0, 0.1) is 0 Å². The minimum absolute atomic E-state index is 0. The summed E-state index contributed by atoms with van der Waals surface area (Å²) in [5.41, 5.74) is 0. The number of aromatic nitrogens is 2. The summed E-state index contributed by atoms with van der Waals surface area (Å²) >= 11 is 1.63. The number of nitrogens with zero attached hydrogens (tertiary/aromatic N) is 3. The quantitative estimate of drug-likeness (QED) is 0.939. The molecule has 1 fully saturated rings. The zero-order chi connectivity index (χ0) is 13.1. The van der Waals surface area contributed by atoms with Crippen molar-refractivity contribution < 1.29 is 4.52 Å². The summed E-state index contributed by atoms with van der Waals surface area (Å²) < 4.78 is 5.34. The molecule has 0 aromatic carbocycles. The number of rotatable bonds is 4. The topological polar surface area (TPSA) is 54.2 Å². The molecule has 1 saturated heterocycles. The highest BCUT2D eigenvalue weighted by molar-refractivity contribution is 7.13. The number of halogens is 1. The molecule has 1 N–H and O–H groups in total. The van der Waals surface area contributed by atoms with Gasteiger partial charge < -0.3 is 9.84 Å². The Morgan fingerprint density at radius 3 is 2.95 bits per heavy atom. The minimum atomic E-state index is 0. The number of piperidine rings is 1. The van der Waals surface area contributed by atoms with Gasteiger partial charge in [-0.05, 0) is 44.4 Å². The summed E-state index contributed by atoms with van der Waals surface area (Å²) in [4.78, 5) is 7.83. The SMILES string of the molecule is CN(Cc1nc(-c2cccs2)no1)C1CCNCC1.Cl. The molecule has 3 rings (SSSR count). The van der Waals surface area contributed by atoms with Gasteiger partial charge in [-0.2, -0.15) is 4.98 Å². The van der Waals surface area contributed by atoms with Gasteiger partial charge in [0.2, 0.25) is 11.7 Å². The smallest absolute Gasteiger partial charge is 0.241 e. The Hall–Kier alpha value is -0.950. The second kappa shape index (κ2) is 7.17. The lowest BCUT2D eigenvalue weighted by atomic mass is 10.1. The minimum Gasteiger partial charge on any atom is -0.338 e. The van der Waals surface area contributed by atoms with E-state index in [0.29, 0.717) is 17.8 Å². The molecule has 0 aliphatic carbocycles. The number of nitrogens with one attached hydrogen (secondary N) is 1. The first-order valence-electron chi connectivity index (χ1n) is 6.60. The van der Waals surface area contributed by atoms with Gasteiger partial charge in [-0.1, -0.05) is 11.2 Å². The molecule has 0 bridgehead atoms. The van der Waals surface area contributed by atoms with Crippen LogP contribution in [-0.2, 0) is 6.54 Å². The number of hydrogen-bond donors (Lipinski definition) is 1. The van der Waals surface area contributed by atoms with E-state index in [-0.39, 0.29) is 12.4 Å². The van der Waals surface area contributed by atoms with Crippen molar-refractivity contribution >= 4 is 23.7 Å². The van der Waals surface area contributed by atoms with Gasteiger partial charge in [0, 0.05) is 6.04 Å². The summed E-state index contributed by atoms with van der Waals surface area (Å²) in [5.74, 6) is 1.40. The fourth-order valence-electron chi connectivity index (χ4n) is 2.41. The van der Waals surface area contributed by atoms with E-state index in [1.807, 2.05) is 17.5 Å². The maximum Gasteiger partial charge on any atom is 0.241 e. The second-order valence-corrected chi connectivity index (χ2v) is 5.83. The number of thiophene rings is 1. The third-order valence-corrected chi connectivity index (χ3v) is 4.39.